The average molecular weight is 414 g/mol. The van der Waals surface area contributed by atoms with Gasteiger partial charge >= 0.3 is 12.1 Å². The van der Waals surface area contributed by atoms with Crippen molar-refractivity contribution in [1.82, 2.24) is 0 Å². The van der Waals surface area contributed by atoms with Crippen molar-refractivity contribution in [3.63, 3.8) is 0 Å². The SMILES string of the molecule is O=C(O)C1=Cc2cc(Cl)c(Oc3ccc([N+](=O)[O-])cc3)cc2CC1C(F)(F)F. The van der Waals surface area contributed by atoms with Crippen LogP contribution >= 0.6 is 11.6 Å². The lowest BCUT2D eigenvalue weighted by Gasteiger charge is -2.26. The summed E-state index contributed by atoms with van der Waals surface area (Å²) in [6, 6.07) is 7.72. The van der Waals surface area contributed by atoms with Crippen molar-refractivity contribution in [2.45, 2.75) is 12.6 Å². The lowest BCUT2D eigenvalue weighted by atomic mass is 9.83. The minimum Gasteiger partial charge on any atom is -0.478 e. The largest absolute Gasteiger partial charge is 0.478 e. The predicted octanol–water partition coefficient (Wildman–Crippen LogP) is 5.24. The number of benzene rings is 2. The van der Waals surface area contributed by atoms with E-state index in [-0.39, 0.29) is 33.3 Å². The molecule has 0 saturated carbocycles. The Bertz CT molecular complexity index is 986. The topological polar surface area (TPSA) is 89.7 Å². The molecule has 1 N–H and O–H groups in total. The van der Waals surface area contributed by atoms with Gasteiger partial charge < -0.3 is 9.84 Å². The number of non-ortho nitro benzene ring substituents is 1. The number of nitro benzene ring substituents is 1. The summed E-state index contributed by atoms with van der Waals surface area (Å²) in [6.45, 7) is 0. The van der Waals surface area contributed by atoms with E-state index in [2.05, 4.69) is 0 Å². The highest BCUT2D eigenvalue weighted by molar-refractivity contribution is 6.32. The molecule has 146 valence electrons. The molecule has 2 aromatic carbocycles. The highest BCUT2D eigenvalue weighted by Gasteiger charge is 2.46. The third-order valence-electron chi connectivity index (χ3n) is 4.22. The summed E-state index contributed by atoms with van der Waals surface area (Å²) in [7, 11) is 0. The van der Waals surface area contributed by atoms with E-state index in [1.54, 1.807) is 0 Å². The summed E-state index contributed by atoms with van der Waals surface area (Å²) in [6.07, 6.45) is -4.33. The van der Waals surface area contributed by atoms with Crippen LogP contribution in [0.5, 0.6) is 11.5 Å². The molecule has 28 heavy (non-hydrogen) atoms. The van der Waals surface area contributed by atoms with E-state index in [1.165, 1.54) is 36.4 Å². The summed E-state index contributed by atoms with van der Waals surface area (Å²) in [5.41, 5.74) is -0.407. The number of carboxylic acids is 1. The third-order valence-corrected chi connectivity index (χ3v) is 4.52. The van der Waals surface area contributed by atoms with Gasteiger partial charge in [0.1, 0.15) is 11.5 Å². The molecule has 6 nitrogen and oxygen atoms in total. The first-order chi connectivity index (χ1) is 13.1. The number of aliphatic carboxylic acids is 1. The molecule has 1 unspecified atom stereocenters. The molecule has 0 heterocycles. The standard InChI is InChI=1S/C18H11ClF3NO5/c19-15-7-9-5-13(17(24)25)14(18(20,21)22)6-10(9)8-16(15)28-12-3-1-11(2-4-12)23(26)27/h1-5,7-8,14H,6H2,(H,24,25). The van der Waals surface area contributed by atoms with Gasteiger partial charge in [-0.25, -0.2) is 4.79 Å². The molecule has 2 aromatic rings. The molecule has 0 fully saturated rings. The zero-order valence-electron chi connectivity index (χ0n) is 13.9. The van der Waals surface area contributed by atoms with Gasteiger partial charge in [0.25, 0.3) is 5.69 Å². The van der Waals surface area contributed by atoms with Gasteiger partial charge in [0, 0.05) is 12.1 Å². The second-order valence-electron chi connectivity index (χ2n) is 6.04. The molecule has 0 saturated heterocycles. The molecule has 0 radical (unpaired) electrons. The van der Waals surface area contributed by atoms with Crippen molar-refractivity contribution < 1.29 is 32.7 Å². The van der Waals surface area contributed by atoms with Gasteiger partial charge in [-0.05, 0) is 47.9 Å². The van der Waals surface area contributed by atoms with E-state index >= 15 is 0 Å². The van der Waals surface area contributed by atoms with Crippen LogP contribution in [0.2, 0.25) is 5.02 Å². The molecule has 1 aliphatic rings. The molecular weight excluding hydrogens is 403 g/mol. The second kappa shape index (κ2) is 7.16. The Balaban J connectivity index is 1.96. The van der Waals surface area contributed by atoms with Crippen LogP contribution in [-0.2, 0) is 11.2 Å². The van der Waals surface area contributed by atoms with Gasteiger partial charge in [0.15, 0.2) is 0 Å². The molecule has 10 heteroatoms. The zero-order chi connectivity index (χ0) is 20.6. The number of halogens is 4. The van der Waals surface area contributed by atoms with E-state index < -0.39 is 35.0 Å². The molecular formula is C18H11ClF3NO5. The number of hydrogen-bond acceptors (Lipinski definition) is 4. The maximum absolute atomic E-state index is 13.3. The summed E-state index contributed by atoms with van der Waals surface area (Å²) in [5, 5.41) is 19.8. The summed E-state index contributed by atoms with van der Waals surface area (Å²) < 4.78 is 45.3. The first-order valence-electron chi connectivity index (χ1n) is 7.82. The Morgan fingerprint density at radius 3 is 2.43 bits per heavy atom. The van der Waals surface area contributed by atoms with Gasteiger partial charge in [-0.2, -0.15) is 13.2 Å². The van der Waals surface area contributed by atoms with Gasteiger partial charge in [0.2, 0.25) is 0 Å². The molecule has 1 aliphatic carbocycles. The number of nitrogens with zero attached hydrogens (tertiary/aromatic N) is 1. The van der Waals surface area contributed by atoms with E-state index in [0.717, 1.165) is 6.08 Å². The van der Waals surface area contributed by atoms with Crippen LogP contribution in [0, 0.1) is 16.0 Å². The Morgan fingerprint density at radius 1 is 1.25 bits per heavy atom. The fraction of sp³-hybridized carbons (Fsp3) is 0.167. The van der Waals surface area contributed by atoms with E-state index in [1.807, 2.05) is 0 Å². The smallest absolute Gasteiger partial charge is 0.396 e. The van der Waals surface area contributed by atoms with Gasteiger partial charge in [-0.1, -0.05) is 11.6 Å². The Morgan fingerprint density at radius 2 is 1.89 bits per heavy atom. The summed E-state index contributed by atoms with van der Waals surface area (Å²) >= 11 is 6.11. The van der Waals surface area contributed by atoms with Crippen LogP contribution in [0.15, 0.2) is 42.0 Å². The lowest BCUT2D eigenvalue weighted by molar-refractivity contribution is -0.384. The molecule has 0 spiro atoms. The van der Waals surface area contributed by atoms with Gasteiger partial charge in [-0.15, -0.1) is 0 Å². The normalized spacial score (nSPS) is 16.1. The number of fused-ring (bicyclic) bond motifs is 1. The zero-order valence-corrected chi connectivity index (χ0v) is 14.6. The molecule has 3 rings (SSSR count). The van der Waals surface area contributed by atoms with E-state index in [0.29, 0.717) is 0 Å². The summed E-state index contributed by atoms with van der Waals surface area (Å²) in [5.74, 6) is -3.53. The first kappa shape index (κ1) is 19.7. The number of alkyl halides is 3. The minimum atomic E-state index is -4.72. The van der Waals surface area contributed by atoms with Crippen molar-refractivity contribution >= 4 is 29.3 Å². The van der Waals surface area contributed by atoms with Crippen molar-refractivity contribution in [1.29, 1.82) is 0 Å². The van der Waals surface area contributed by atoms with E-state index in [9.17, 15) is 28.1 Å². The van der Waals surface area contributed by atoms with Gasteiger partial charge in [0.05, 0.1) is 21.4 Å². The van der Waals surface area contributed by atoms with Crippen molar-refractivity contribution in [2.75, 3.05) is 0 Å². The number of hydrogen-bond donors (Lipinski definition) is 1. The lowest BCUT2D eigenvalue weighted by Crippen LogP contribution is -2.32. The van der Waals surface area contributed by atoms with Crippen molar-refractivity contribution in [3.8, 4) is 11.5 Å². The summed E-state index contributed by atoms with van der Waals surface area (Å²) in [4.78, 5) is 21.3. The Labute approximate surface area is 161 Å². The first-order valence-corrected chi connectivity index (χ1v) is 8.20. The van der Waals surface area contributed by atoms with Crippen LogP contribution in [0.4, 0.5) is 18.9 Å². The molecule has 0 aliphatic heterocycles. The fourth-order valence-corrected chi connectivity index (χ4v) is 3.07. The number of rotatable bonds is 4. The highest BCUT2D eigenvalue weighted by Crippen LogP contribution is 2.42. The van der Waals surface area contributed by atoms with Crippen LogP contribution in [-0.4, -0.2) is 22.2 Å². The Hall–Kier alpha value is -3.07. The molecule has 0 amide bonds. The van der Waals surface area contributed by atoms with Crippen LogP contribution in [0.1, 0.15) is 11.1 Å². The third kappa shape index (κ3) is 3.94. The van der Waals surface area contributed by atoms with Crippen LogP contribution in [0.25, 0.3) is 6.08 Å². The second-order valence-corrected chi connectivity index (χ2v) is 6.44. The molecule has 0 bridgehead atoms. The average Bonchev–Trinajstić information content (AvgIpc) is 2.61. The van der Waals surface area contributed by atoms with Crippen LogP contribution < -0.4 is 4.74 Å². The van der Waals surface area contributed by atoms with Crippen LogP contribution in [0.3, 0.4) is 0 Å². The maximum atomic E-state index is 13.3. The molecule has 0 aromatic heterocycles. The monoisotopic (exact) mass is 413 g/mol. The highest BCUT2D eigenvalue weighted by atomic mass is 35.5. The van der Waals surface area contributed by atoms with Crippen molar-refractivity contribution in [3.05, 3.63) is 68.2 Å². The number of carboxylic acid groups (broad SMARTS) is 1. The minimum absolute atomic E-state index is 0.0577. The molecule has 1 atom stereocenters. The van der Waals surface area contributed by atoms with Gasteiger partial charge in [-0.3, -0.25) is 10.1 Å². The van der Waals surface area contributed by atoms with Crippen molar-refractivity contribution in [2.24, 2.45) is 5.92 Å². The maximum Gasteiger partial charge on any atom is 0.396 e. The van der Waals surface area contributed by atoms with E-state index in [4.69, 9.17) is 21.4 Å². The number of ether oxygens (including phenoxy) is 1. The quantitative estimate of drug-likeness (QED) is 0.546. The number of nitro groups is 1. The predicted molar refractivity (Wildman–Crippen MR) is 93.5 cm³/mol. The fourth-order valence-electron chi connectivity index (χ4n) is 2.86. The Kier molecular flexibility index (Phi) is 5.03. The number of carbonyl (C=O) groups is 1.